The molecule has 0 aromatic heterocycles. The van der Waals surface area contributed by atoms with Crippen LogP contribution >= 0.6 is 0 Å². The fourth-order valence-corrected chi connectivity index (χ4v) is 3.71. The summed E-state index contributed by atoms with van der Waals surface area (Å²) in [6.07, 6.45) is 0. The quantitative estimate of drug-likeness (QED) is 0.663. The first-order valence-corrected chi connectivity index (χ1v) is 10.5. The van der Waals surface area contributed by atoms with Crippen molar-refractivity contribution in [2.45, 2.75) is 6.54 Å². The first kappa shape index (κ1) is 21.8. The number of para-hydroxylation sites is 2. The molecule has 0 aliphatic carbocycles. The van der Waals surface area contributed by atoms with E-state index in [1.54, 1.807) is 12.0 Å². The van der Waals surface area contributed by atoms with Crippen molar-refractivity contribution >= 4 is 17.5 Å². The molecular weight excluding hydrogens is 414 g/mol. The molecule has 1 N–H and O–H groups in total. The maximum Gasteiger partial charge on any atom is 0.248 e. The average molecular weight is 441 g/mol. The van der Waals surface area contributed by atoms with Gasteiger partial charge in [0, 0.05) is 32.7 Å². The maximum absolute atomic E-state index is 12.4. The summed E-state index contributed by atoms with van der Waals surface area (Å²) in [5.41, 5.74) is 1.92. The molecule has 170 valence electrons. The lowest BCUT2D eigenvalue weighted by atomic mass is 10.2. The number of ether oxygens (including phenoxy) is 4. The van der Waals surface area contributed by atoms with Gasteiger partial charge in [0.25, 0.3) is 0 Å². The zero-order chi connectivity index (χ0) is 22.3. The summed E-state index contributed by atoms with van der Waals surface area (Å²) in [6.45, 7) is 2.88. The second-order valence-electron chi connectivity index (χ2n) is 7.50. The standard InChI is InChI=1S/C23H27N3O6/c1-29-19-5-3-2-4-18(19)25-8-10-26(11-9-25)23(28)15-30-14-22(27)24-13-17-6-7-20-21(12-17)32-16-31-20/h2-7,12H,8-11,13-16H2,1H3,(H,24,27). The minimum absolute atomic E-state index is 0.117. The second-order valence-corrected chi connectivity index (χ2v) is 7.50. The fourth-order valence-electron chi connectivity index (χ4n) is 3.71. The van der Waals surface area contributed by atoms with Gasteiger partial charge in [-0.25, -0.2) is 0 Å². The van der Waals surface area contributed by atoms with Gasteiger partial charge in [-0.2, -0.15) is 0 Å². The molecule has 0 radical (unpaired) electrons. The number of hydrogen-bond acceptors (Lipinski definition) is 7. The third kappa shape index (κ3) is 5.23. The highest BCUT2D eigenvalue weighted by atomic mass is 16.7. The summed E-state index contributed by atoms with van der Waals surface area (Å²) in [5.74, 6) is 1.79. The van der Waals surface area contributed by atoms with Gasteiger partial charge in [-0.05, 0) is 29.8 Å². The zero-order valence-electron chi connectivity index (χ0n) is 18.0. The molecule has 2 amide bonds. The molecule has 2 aromatic rings. The maximum atomic E-state index is 12.4. The molecule has 1 fully saturated rings. The molecule has 32 heavy (non-hydrogen) atoms. The van der Waals surface area contributed by atoms with E-state index in [9.17, 15) is 9.59 Å². The largest absolute Gasteiger partial charge is 0.495 e. The van der Waals surface area contributed by atoms with Crippen LogP contribution in [0.2, 0.25) is 0 Å². The smallest absolute Gasteiger partial charge is 0.248 e. The molecule has 9 nitrogen and oxygen atoms in total. The Hall–Kier alpha value is -3.46. The van der Waals surface area contributed by atoms with Gasteiger partial charge in [-0.3, -0.25) is 9.59 Å². The van der Waals surface area contributed by atoms with Gasteiger partial charge >= 0.3 is 0 Å². The summed E-state index contributed by atoms with van der Waals surface area (Å²) >= 11 is 0. The number of carbonyl (C=O) groups excluding carboxylic acids is 2. The number of nitrogens with one attached hydrogen (secondary N) is 1. The Bertz CT molecular complexity index is 958. The van der Waals surface area contributed by atoms with E-state index in [-0.39, 0.29) is 31.8 Å². The molecule has 9 heteroatoms. The van der Waals surface area contributed by atoms with Crippen molar-refractivity contribution in [3.05, 3.63) is 48.0 Å². The van der Waals surface area contributed by atoms with Gasteiger partial charge in [-0.1, -0.05) is 18.2 Å². The van der Waals surface area contributed by atoms with Crippen molar-refractivity contribution in [2.24, 2.45) is 0 Å². The Kier molecular flexibility index (Phi) is 6.96. The molecule has 1 saturated heterocycles. The Morgan fingerprint density at radius 2 is 1.78 bits per heavy atom. The van der Waals surface area contributed by atoms with Crippen molar-refractivity contribution < 1.29 is 28.5 Å². The van der Waals surface area contributed by atoms with Crippen LogP contribution in [-0.2, 0) is 20.9 Å². The van der Waals surface area contributed by atoms with E-state index in [0.717, 1.165) is 17.0 Å². The van der Waals surface area contributed by atoms with E-state index >= 15 is 0 Å². The van der Waals surface area contributed by atoms with Gasteiger partial charge in [0.1, 0.15) is 19.0 Å². The number of piperazine rings is 1. The minimum atomic E-state index is -0.281. The van der Waals surface area contributed by atoms with Crippen LogP contribution < -0.4 is 24.4 Å². The summed E-state index contributed by atoms with van der Waals surface area (Å²) in [6, 6.07) is 13.4. The van der Waals surface area contributed by atoms with Crippen molar-refractivity contribution in [3.8, 4) is 17.2 Å². The van der Waals surface area contributed by atoms with E-state index in [1.165, 1.54) is 0 Å². The SMILES string of the molecule is COc1ccccc1N1CCN(C(=O)COCC(=O)NCc2ccc3c(c2)OCO3)CC1. The number of amides is 2. The van der Waals surface area contributed by atoms with E-state index in [0.29, 0.717) is 44.2 Å². The molecule has 4 rings (SSSR count). The van der Waals surface area contributed by atoms with Crippen LogP contribution in [0.3, 0.4) is 0 Å². The van der Waals surface area contributed by atoms with Gasteiger partial charge in [0.05, 0.1) is 12.8 Å². The molecule has 0 saturated carbocycles. The Labute approximate surface area is 186 Å². The lowest BCUT2D eigenvalue weighted by Crippen LogP contribution is -2.50. The van der Waals surface area contributed by atoms with E-state index < -0.39 is 0 Å². The molecule has 0 bridgehead atoms. The fraction of sp³-hybridized carbons (Fsp3) is 0.391. The number of methoxy groups -OCH3 is 1. The van der Waals surface area contributed by atoms with Crippen molar-refractivity contribution in [2.75, 3.05) is 58.2 Å². The normalized spacial score (nSPS) is 14.9. The van der Waals surface area contributed by atoms with Crippen molar-refractivity contribution in [1.82, 2.24) is 10.2 Å². The highest BCUT2D eigenvalue weighted by Gasteiger charge is 2.23. The number of anilines is 1. The Morgan fingerprint density at radius 3 is 2.59 bits per heavy atom. The van der Waals surface area contributed by atoms with Crippen molar-refractivity contribution in [1.29, 1.82) is 0 Å². The number of hydrogen-bond donors (Lipinski definition) is 1. The van der Waals surface area contributed by atoms with Gasteiger partial charge in [0.2, 0.25) is 18.6 Å². The van der Waals surface area contributed by atoms with E-state index in [1.807, 2.05) is 42.5 Å². The molecule has 0 atom stereocenters. The van der Waals surface area contributed by atoms with Gasteiger partial charge < -0.3 is 34.1 Å². The highest BCUT2D eigenvalue weighted by Crippen LogP contribution is 2.32. The molecule has 2 aliphatic rings. The Morgan fingerprint density at radius 1 is 1.00 bits per heavy atom. The number of rotatable bonds is 8. The first-order valence-electron chi connectivity index (χ1n) is 10.5. The summed E-state index contributed by atoms with van der Waals surface area (Å²) in [7, 11) is 1.65. The van der Waals surface area contributed by atoms with E-state index in [4.69, 9.17) is 18.9 Å². The second kappa shape index (κ2) is 10.2. The topological polar surface area (TPSA) is 89.6 Å². The minimum Gasteiger partial charge on any atom is -0.495 e. The van der Waals surface area contributed by atoms with Gasteiger partial charge in [-0.15, -0.1) is 0 Å². The third-order valence-corrected chi connectivity index (χ3v) is 5.44. The van der Waals surface area contributed by atoms with Crippen molar-refractivity contribution in [3.63, 3.8) is 0 Å². The third-order valence-electron chi connectivity index (χ3n) is 5.44. The number of fused-ring (bicyclic) bond motifs is 1. The molecule has 0 spiro atoms. The van der Waals surface area contributed by atoms with Crippen LogP contribution in [0, 0.1) is 0 Å². The molecule has 2 aliphatic heterocycles. The summed E-state index contributed by atoms with van der Waals surface area (Å²) in [5, 5.41) is 2.77. The molecular formula is C23H27N3O6. The van der Waals surface area contributed by atoms with Crippen LogP contribution in [0.4, 0.5) is 5.69 Å². The average Bonchev–Trinajstić information content (AvgIpc) is 3.31. The number of carbonyl (C=O) groups is 2. The Balaban J connectivity index is 1.15. The summed E-state index contributed by atoms with van der Waals surface area (Å²) < 4.78 is 21.4. The van der Waals surface area contributed by atoms with Crippen LogP contribution in [-0.4, -0.2) is 70.0 Å². The van der Waals surface area contributed by atoms with Crippen LogP contribution in [0.25, 0.3) is 0 Å². The monoisotopic (exact) mass is 441 g/mol. The summed E-state index contributed by atoms with van der Waals surface area (Å²) in [4.78, 5) is 28.4. The van der Waals surface area contributed by atoms with Gasteiger partial charge in [0.15, 0.2) is 11.5 Å². The van der Waals surface area contributed by atoms with Crippen LogP contribution in [0.5, 0.6) is 17.2 Å². The lowest BCUT2D eigenvalue weighted by molar-refractivity contribution is -0.138. The molecule has 2 heterocycles. The highest BCUT2D eigenvalue weighted by molar-refractivity contribution is 5.80. The first-order chi connectivity index (χ1) is 15.6. The molecule has 2 aromatic carbocycles. The van der Waals surface area contributed by atoms with Crippen LogP contribution in [0.1, 0.15) is 5.56 Å². The zero-order valence-corrected chi connectivity index (χ0v) is 18.0. The van der Waals surface area contributed by atoms with E-state index in [2.05, 4.69) is 10.2 Å². The predicted molar refractivity (Wildman–Crippen MR) is 117 cm³/mol. The lowest BCUT2D eigenvalue weighted by Gasteiger charge is -2.36. The number of nitrogens with zero attached hydrogens (tertiary/aromatic N) is 2. The predicted octanol–water partition coefficient (Wildman–Crippen LogP) is 1.41. The molecule has 0 unspecified atom stereocenters. The number of benzene rings is 2. The van der Waals surface area contributed by atoms with Crippen LogP contribution in [0.15, 0.2) is 42.5 Å².